The Bertz CT molecular complexity index is 763. The van der Waals surface area contributed by atoms with E-state index in [4.69, 9.17) is 0 Å². The number of benzene rings is 1. The minimum atomic E-state index is -0.255. The van der Waals surface area contributed by atoms with E-state index in [1.54, 1.807) is 17.4 Å². The van der Waals surface area contributed by atoms with Gasteiger partial charge in [-0.25, -0.2) is 9.37 Å². The summed E-state index contributed by atoms with van der Waals surface area (Å²) in [6.07, 6.45) is 0. The molecule has 0 bridgehead atoms. The van der Waals surface area contributed by atoms with Gasteiger partial charge in [0.1, 0.15) is 15.8 Å². The third kappa shape index (κ3) is 2.24. The van der Waals surface area contributed by atoms with Crippen LogP contribution in [-0.4, -0.2) is 26.8 Å². The summed E-state index contributed by atoms with van der Waals surface area (Å²) in [6.45, 7) is 2.56. The number of imidazole rings is 1. The highest BCUT2D eigenvalue weighted by Gasteiger charge is 2.14. The molecule has 0 saturated heterocycles. The maximum absolute atomic E-state index is 13.3. The molecule has 2 aromatic heterocycles. The lowest BCUT2D eigenvalue weighted by molar-refractivity contribution is 0.629. The van der Waals surface area contributed by atoms with Gasteiger partial charge in [0.2, 0.25) is 5.95 Å². The van der Waals surface area contributed by atoms with Gasteiger partial charge in [-0.15, -0.1) is 10.2 Å². The molecule has 0 amide bonds. The van der Waals surface area contributed by atoms with E-state index in [0.717, 1.165) is 27.0 Å². The number of hydrogen-bond donors (Lipinski definition) is 0. The van der Waals surface area contributed by atoms with E-state index in [0.29, 0.717) is 6.54 Å². The predicted molar refractivity (Wildman–Crippen MR) is 77.4 cm³/mol. The number of fused-ring (bicyclic) bond motifs is 1. The highest BCUT2D eigenvalue weighted by Crippen LogP contribution is 2.23. The van der Waals surface area contributed by atoms with Crippen LogP contribution in [0.2, 0.25) is 0 Å². The first kappa shape index (κ1) is 13.0. The SMILES string of the molecule is Cc1nnc(CN(C)c2nc3ccc(F)cc3n2C)s1. The number of aryl methyl sites for hydroxylation is 2. The zero-order chi connectivity index (χ0) is 14.3. The normalized spacial score (nSPS) is 11.2. The van der Waals surface area contributed by atoms with Crippen LogP contribution in [0.3, 0.4) is 0 Å². The summed E-state index contributed by atoms with van der Waals surface area (Å²) in [7, 11) is 3.82. The Labute approximate surface area is 119 Å². The van der Waals surface area contributed by atoms with Gasteiger partial charge in [-0.05, 0) is 25.1 Å². The number of anilines is 1. The molecule has 0 spiro atoms. The van der Waals surface area contributed by atoms with Crippen LogP contribution in [0.4, 0.5) is 10.3 Å². The number of nitrogens with zero attached hydrogens (tertiary/aromatic N) is 5. The van der Waals surface area contributed by atoms with Gasteiger partial charge in [-0.3, -0.25) is 0 Å². The lowest BCUT2D eigenvalue weighted by Crippen LogP contribution is -2.19. The molecule has 0 aliphatic heterocycles. The third-order valence-electron chi connectivity index (χ3n) is 3.10. The molecule has 3 aromatic rings. The summed E-state index contributed by atoms with van der Waals surface area (Å²) in [6, 6.07) is 4.61. The van der Waals surface area contributed by atoms with E-state index in [9.17, 15) is 4.39 Å². The van der Waals surface area contributed by atoms with Crippen molar-refractivity contribution in [3.63, 3.8) is 0 Å². The Kier molecular flexibility index (Phi) is 3.13. The molecule has 0 fully saturated rings. The Morgan fingerprint density at radius 1 is 1.35 bits per heavy atom. The molecule has 104 valence electrons. The van der Waals surface area contributed by atoms with Gasteiger partial charge in [0.05, 0.1) is 17.6 Å². The first-order valence-corrected chi connectivity index (χ1v) is 6.98. The molecule has 0 unspecified atom stereocenters. The molecule has 1 aromatic carbocycles. The molecule has 0 saturated carbocycles. The van der Waals surface area contributed by atoms with Crippen molar-refractivity contribution in [2.75, 3.05) is 11.9 Å². The van der Waals surface area contributed by atoms with Crippen LogP contribution in [0, 0.1) is 12.7 Å². The molecular weight excluding hydrogens is 277 g/mol. The van der Waals surface area contributed by atoms with Crippen LogP contribution in [0.5, 0.6) is 0 Å². The number of aromatic nitrogens is 4. The summed E-state index contributed by atoms with van der Waals surface area (Å²) in [5, 5.41) is 9.99. The Balaban J connectivity index is 1.95. The second-order valence-electron chi connectivity index (χ2n) is 4.67. The number of rotatable bonds is 3. The minimum absolute atomic E-state index is 0.255. The highest BCUT2D eigenvalue weighted by atomic mass is 32.1. The molecule has 3 rings (SSSR count). The standard InChI is InChI=1S/C13H14FN5S/c1-8-16-17-12(20-8)7-18(2)13-15-10-5-4-9(14)6-11(10)19(13)3/h4-6H,7H2,1-3H3. The van der Waals surface area contributed by atoms with Gasteiger partial charge >= 0.3 is 0 Å². The first-order chi connectivity index (χ1) is 9.54. The number of hydrogen-bond acceptors (Lipinski definition) is 5. The van der Waals surface area contributed by atoms with Gasteiger partial charge in [-0.1, -0.05) is 11.3 Å². The summed E-state index contributed by atoms with van der Waals surface area (Å²) in [5.74, 6) is 0.521. The number of halogens is 1. The molecule has 0 atom stereocenters. The van der Waals surface area contributed by atoms with Crippen molar-refractivity contribution in [3.8, 4) is 0 Å². The average molecular weight is 291 g/mol. The van der Waals surface area contributed by atoms with Crippen LogP contribution in [0.25, 0.3) is 11.0 Å². The maximum Gasteiger partial charge on any atom is 0.206 e. The second kappa shape index (κ2) is 4.82. The molecule has 7 heteroatoms. The Hall–Kier alpha value is -2.02. The van der Waals surface area contributed by atoms with Gasteiger partial charge in [0, 0.05) is 14.1 Å². The summed E-state index contributed by atoms with van der Waals surface area (Å²) < 4.78 is 15.2. The Morgan fingerprint density at radius 2 is 2.15 bits per heavy atom. The van der Waals surface area contributed by atoms with E-state index in [-0.39, 0.29) is 5.82 Å². The molecule has 0 aliphatic carbocycles. The zero-order valence-corrected chi connectivity index (χ0v) is 12.3. The van der Waals surface area contributed by atoms with E-state index in [1.165, 1.54) is 12.1 Å². The molecule has 0 radical (unpaired) electrons. The quantitative estimate of drug-likeness (QED) is 0.744. The summed E-state index contributed by atoms with van der Waals surface area (Å²) in [4.78, 5) is 6.52. The van der Waals surface area contributed by atoms with Crippen molar-refractivity contribution >= 4 is 28.3 Å². The van der Waals surface area contributed by atoms with E-state index >= 15 is 0 Å². The monoisotopic (exact) mass is 291 g/mol. The molecule has 0 aliphatic rings. The van der Waals surface area contributed by atoms with Crippen molar-refractivity contribution in [1.82, 2.24) is 19.7 Å². The molecular formula is C13H14FN5S. The third-order valence-corrected chi connectivity index (χ3v) is 3.92. The van der Waals surface area contributed by atoms with Gasteiger partial charge in [0.25, 0.3) is 0 Å². The summed E-state index contributed by atoms with van der Waals surface area (Å²) >= 11 is 1.56. The second-order valence-corrected chi connectivity index (χ2v) is 5.94. The smallest absolute Gasteiger partial charge is 0.206 e. The average Bonchev–Trinajstić information content (AvgIpc) is 2.94. The van der Waals surface area contributed by atoms with Crippen molar-refractivity contribution in [2.45, 2.75) is 13.5 Å². The molecule has 2 heterocycles. The van der Waals surface area contributed by atoms with Gasteiger partial charge in [0.15, 0.2) is 0 Å². The van der Waals surface area contributed by atoms with Gasteiger partial charge in [-0.2, -0.15) is 0 Å². The van der Waals surface area contributed by atoms with Crippen LogP contribution in [0.15, 0.2) is 18.2 Å². The molecule has 0 N–H and O–H groups in total. The topological polar surface area (TPSA) is 46.8 Å². The van der Waals surface area contributed by atoms with E-state index in [1.807, 2.05) is 30.5 Å². The first-order valence-electron chi connectivity index (χ1n) is 6.16. The van der Waals surface area contributed by atoms with Crippen LogP contribution in [-0.2, 0) is 13.6 Å². The summed E-state index contributed by atoms with van der Waals surface area (Å²) in [5.41, 5.74) is 1.56. The largest absolute Gasteiger partial charge is 0.338 e. The van der Waals surface area contributed by atoms with Crippen LogP contribution >= 0.6 is 11.3 Å². The lowest BCUT2D eigenvalue weighted by atomic mass is 10.3. The molecule has 20 heavy (non-hydrogen) atoms. The zero-order valence-electron chi connectivity index (χ0n) is 11.5. The fourth-order valence-electron chi connectivity index (χ4n) is 2.17. The van der Waals surface area contributed by atoms with Gasteiger partial charge < -0.3 is 9.47 Å². The van der Waals surface area contributed by atoms with E-state index < -0.39 is 0 Å². The van der Waals surface area contributed by atoms with Crippen molar-refractivity contribution in [3.05, 3.63) is 34.0 Å². The maximum atomic E-state index is 13.3. The fraction of sp³-hybridized carbons (Fsp3) is 0.308. The Morgan fingerprint density at radius 3 is 2.85 bits per heavy atom. The highest BCUT2D eigenvalue weighted by molar-refractivity contribution is 7.11. The van der Waals surface area contributed by atoms with Crippen molar-refractivity contribution in [1.29, 1.82) is 0 Å². The van der Waals surface area contributed by atoms with Crippen molar-refractivity contribution < 1.29 is 4.39 Å². The van der Waals surface area contributed by atoms with E-state index in [2.05, 4.69) is 15.2 Å². The minimum Gasteiger partial charge on any atom is -0.338 e. The fourth-order valence-corrected chi connectivity index (χ4v) is 2.93. The van der Waals surface area contributed by atoms with Crippen LogP contribution in [0.1, 0.15) is 10.0 Å². The van der Waals surface area contributed by atoms with Crippen LogP contribution < -0.4 is 4.90 Å². The molecule has 5 nitrogen and oxygen atoms in total. The van der Waals surface area contributed by atoms with Crippen molar-refractivity contribution in [2.24, 2.45) is 7.05 Å². The lowest BCUT2D eigenvalue weighted by Gasteiger charge is -2.16. The predicted octanol–water partition coefficient (Wildman–Crippen LogP) is 2.51.